The Balaban J connectivity index is 4.15. The van der Waals surface area contributed by atoms with Crippen LogP contribution in [0.4, 0.5) is 0 Å². The Kier molecular flexibility index (Phi) is 41.8. The third-order valence-electron chi connectivity index (χ3n) is 10.6. The van der Waals surface area contributed by atoms with Crippen molar-refractivity contribution in [1.29, 1.82) is 0 Å². The van der Waals surface area contributed by atoms with E-state index in [2.05, 4.69) is 20.8 Å². The lowest BCUT2D eigenvalue weighted by Crippen LogP contribution is -2.30. The van der Waals surface area contributed by atoms with Gasteiger partial charge in [-0.3, -0.25) is 14.4 Å². The Hall–Kier alpha value is -1.59. The fourth-order valence-electron chi connectivity index (χ4n) is 7.03. The maximum absolute atomic E-state index is 12.7. The number of hydrogen-bond donors (Lipinski definition) is 0. The van der Waals surface area contributed by atoms with Gasteiger partial charge >= 0.3 is 17.9 Å². The largest absolute Gasteiger partial charge is 0.462 e. The molecule has 0 N–H and O–H groups in total. The van der Waals surface area contributed by atoms with Gasteiger partial charge in [0, 0.05) is 19.3 Å². The molecule has 314 valence electrons. The minimum absolute atomic E-state index is 0.0636. The molecular weight excluding hydrogens is 661 g/mol. The molecule has 0 aromatic rings. The summed E-state index contributed by atoms with van der Waals surface area (Å²) in [6, 6.07) is 0. The maximum atomic E-state index is 12.7. The van der Waals surface area contributed by atoms with Crippen LogP contribution in [0.25, 0.3) is 0 Å². The summed E-state index contributed by atoms with van der Waals surface area (Å²) in [4.78, 5) is 37.5. The van der Waals surface area contributed by atoms with Gasteiger partial charge in [-0.15, -0.1) is 0 Å². The van der Waals surface area contributed by atoms with E-state index in [4.69, 9.17) is 14.2 Å². The summed E-state index contributed by atoms with van der Waals surface area (Å²) in [5, 5.41) is 0. The number of carbonyl (C=O) groups is 3. The lowest BCUT2D eigenvalue weighted by atomic mass is 10.0. The molecule has 6 heteroatoms. The average Bonchev–Trinajstić information content (AvgIpc) is 3.15. The van der Waals surface area contributed by atoms with Crippen molar-refractivity contribution in [2.45, 2.75) is 271 Å². The fourth-order valence-corrected chi connectivity index (χ4v) is 7.03. The van der Waals surface area contributed by atoms with Crippen molar-refractivity contribution < 1.29 is 28.6 Å². The highest BCUT2D eigenvalue weighted by molar-refractivity contribution is 5.71. The molecule has 0 aliphatic carbocycles. The standard InChI is InChI=1S/C47H90O6/c1-4-7-10-13-15-17-19-21-23-24-26-28-30-32-35-38-41-47(50)53-44(42-51-45(48)39-36-33-12-9-6-3)43-52-46(49)40-37-34-31-29-27-25-22-20-18-16-14-11-8-5-2/h44H,4-43H2,1-3H3/t44-/m0/s1. The van der Waals surface area contributed by atoms with Gasteiger partial charge in [0.2, 0.25) is 0 Å². The number of ether oxygens (including phenoxy) is 3. The van der Waals surface area contributed by atoms with Gasteiger partial charge in [-0.25, -0.2) is 0 Å². The second-order valence-electron chi connectivity index (χ2n) is 16.0. The molecule has 0 aromatic carbocycles. The van der Waals surface area contributed by atoms with E-state index in [0.717, 1.165) is 64.2 Å². The van der Waals surface area contributed by atoms with Crippen molar-refractivity contribution in [3.63, 3.8) is 0 Å². The smallest absolute Gasteiger partial charge is 0.306 e. The van der Waals surface area contributed by atoms with E-state index >= 15 is 0 Å². The quantitative estimate of drug-likeness (QED) is 0.0351. The van der Waals surface area contributed by atoms with E-state index in [-0.39, 0.29) is 31.1 Å². The fraction of sp³-hybridized carbons (Fsp3) is 0.936. The summed E-state index contributed by atoms with van der Waals surface area (Å²) in [7, 11) is 0. The summed E-state index contributed by atoms with van der Waals surface area (Å²) in [5.74, 6) is -0.863. The molecule has 0 fully saturated rings. The highest BCUT2D eigenvalue weighted by Crippen LogP contribution is 2.16. The van der Waals surface area contributed by atoms with Crippen LogP contribution in [-0.4, -0.2) is 37.2 Å². The van der Waals surface area contributed by atoms with Gasteiger partial charge < -0.3 is 14.2 Å². The molecule has 0 radical (unpaired) electrons. The summed E-state index contributed by atoms with van der Waals surface area (Å²) < 4.78 is 16.6. The van der Waals surface area contributed by atoms with Crippen LogP contribution in [0.1, 0.15) is 265 Å². The van der Waals surface area contributed by atoms with Crippen LogP contribution >= 0.6 is 0 Å². The van der Waals surface area contributed by atoms with Gasteiger partial charge in [0.15, 0.2) is 6.10 Å². The van der Waals surface area contributed by atoms with Crippen LogP contribution in [-0.2, 0) is 28.6 Å². The minimum Gasteiger partial charge on any atom is -0.462 e. The van der Waals surface area contributed by atoms with Crippen molar-refractivity contribution in [1.82, 2.24) is 0 Å². The van der Waals surface area contributed by atoms with Gasteiger partial charge in [0.1, 0.15) is 13.2 Å². The first-order chi connectivity index (χ1) is 26.0. The van der Waals surface area contributed by atoms with Gasteiger partial charge in [-0.1, -0.05) is 226 Å². The number of carbonyl (C=O) groups excluding carboxylic acids is 3. The lowest BCUT2D eigenvalue weighted by Gasteiger charge is -2.18. The van der Waals surface area contributed by atoms with Gasteiger partial charge in [0.05, 0.1) is 0 Å². The summed E-state index contributed by atoms with van der Waals surface area (Å²) in [6.45, 7) is 6.58. The Morgan fingerprint density at radius 3 is 0.755 bits per heavy atom. The van der Waals surface area contributed by atoms with E-state index in [1.807, 2.05) is 0 Å². The summed E-state index contributed by atoms with van der Waals surface area (Å²) in [5.41, 5.74) is 0. The molecule has 6 nitrogen and oxygen atoms in total. The minimum atomic E-state index is -0.757. The molecular formula is C47H90O6. The van der Waals surface area contributed by atoms with Crippen molar-refractivity contribution in [2.24, 2.45) is 0 Å². The third kappa shape index (κ3) is 41.4. The van der Waals surface area contributed by atoms with E-state index in [1.54, 1.807) is 0 Å². The van der Waals surface area contributed by atoms with Crippen molar-refractivity contribution in [3.8, 4) is 0 Å². The third-order valence-corrected chi connectivity index (χ3v) is 10.6. The topological polar surface area (TPSA) is 78.9 Å². The second-order valence-corrected chi connectivity index (χ2v) is 16.0. The van der Waals surface area contributed by atoms with Gasteiger partial charge in [0.25, 0.3) is 0 Å². The van der Waals surface area contributed by atoms with Crippen LogP contribution in [0, 0.1) is 0 Å². The maximum Gasteiger partial charge on any atom is 0.306 e. The molecule has 1 atom stereocenters. The molecule has 0 unspecified atom stereocenters. The highest BCUT2D eigenvalue weighted by Gasteiger charge is 2.19. The molecule has 0 aliphatic heterocycles. The molecule has 0 amide bonds. The van der Waals surface area contributed by atoms with Crippen LogP contribution in [0.3, 0.4) is 0 Å². The van der Waals surface area contributed by atoms with Gasteiger partial charge in [-0.2, -0.15) is 0 Å². The van der Waals surface area contributed by atoms with Crippen LogP contribution in [0.5, 0.6) is 0 Å². The summed E-state index contributed by atoms with van der Waals surface area (Å²) >= 11 is 0. The Bertz CT molecular complexity index is 783. The average molecular weight is 751 g/mol. The number of esters is 3. The molecule has 0 aromatic heterocycles. The second kappa shape index (κ2) is 43.1. The van der Waals surface area contributed by atoms with Crippen molar-refractivity contribution in [2.75, 3.05) is 13.2 Å². The van der Waals surface area contributed by atoms with E-state index in [0.29, 0.717) is 19.3 Å². The van der Waals surface area contributed by atoms with Crippen LogP contribution in [0.15, 0.2) is 0 Å². The predicted molar refractivity (Wildman–Crippen MR) is 224 cm³/mol. The zero-order valence-corrected chi connectivity index (χ0v) is 35.8. The van der Waals surface area contributed by atoms with E-state index < -0.39 is 6.10 Å². The Morgan fingerprint density at radius 2 is 0.509 bits per heavy atom. The van der Waals surface area contributed by atoms with Crippen molar-refractivity contribution >= 4 is 17.9 Å². The van der Waals surface area contributed by atoms with Crippen LogP contribution in [0.2, 0.25) is 0 Å². The molecule has 0 aliphatic rings. The first kappa shape index (κ1) is 51.4. The highest BCUT2D eigenvalue weighted by atomic mass is 16.6. The molecule has 0 rings (SSSR count). The molecule has 0 spiro atoms. The Labute approximate surface area is 329 Å². The molecule has 0 saturated heterocycles. The SMILES string of the molecule is CCCCCCCCCCCCCCCCCCC(=O)O[C@@H](COC(=O)CCCCCCC)COC(=O)CCCCCCCCCCCCCCCC. The zero-order valence-electron chi connectivity index (χ0n) is 35.8. The lowest BCUT2D eigenvalue weighted by molar-refractivity contribution is -0.167. The van der Waals surface area contributed by atoms with E-state index in [9.17, 15) is 14.4 Å². The number of hydrogen-bond acceptors (Lipinski definition) is 6. The first-order valence-electron chi connectivity index (χ1n) is 23.5. The molecule has 0 heterocycles. The van der Waals surface area contributed by atoms with Crippen molar-refractivity contribution in [3.05, 3.63) is 0 Å². The number of rotatable bonds is 43. The Morgan fingerprint density at radius 1 is 0.302 bits per heavy atom. The predicted octanol–water partition coefficient (Wildman–Crippen LogP) is 14.9. The van der Waals surface area contributed by atoms with Crippen LogP contribution < -0.4 is 0 Å². The van der Waals surface area contributed by atoms with E-state index in [1.165, 1.54) is 161 Å². The molecule has 0 saturated carbocycles. The zero-order chi connectivity index (χ0) is 38.7. The monoisotopic (exact) mass is 751 g/mol. The first-order valence-corrected chi connectivity index (χ1v) is 23.5. The van der Waals surface area contributed by atoms with Gasteiger partial charge in [-0.05, 0) is 19.3 Å². The number of unbranched alkanes of at least 4 members (excludes halogenated alkanes) is 32. The molecule has 0 bridgehead atoms. The normalized spacial score (nSPS) is 11.8. The molecule has 53 heavy (non-hydrogen) atoms. The summed E-state index contributed by atoms with van der Waals surface area (Å²) in [6.07, 6.45) is 44.0.